The van der Waals surface area contributed by atoms with Crippen molar-refractivity contribution in [1.29, 1.82) is 0 Å². The molecule has 0 fully saturated rings. The van der Waals surface area contributed by atoms with Crippen LogP contribution >= 0.6 is 0 Å². The Morgan fingerprint density at radius 1 is 0.267 bits per heavy atom. The number of rotatable bonds is 38. The predicted molar refractivity (Wildman–Crippen MR) is 207 cm³/mol. The standard InChI is InChI=1S/2C12H25O.4C4H9.O.2Sn/c2*1-2-3-4-5-6-7-8-9-10-11-12-13;4*1-3-4-2;;;/h2*2-12H2,1H3;4*1,3-4H2,2H3;;;/q2*-1;;;;;;2*+1. The fraction of sp³-hybridized carbons (Fsp3) is 1.00. The van der Waals surface area contributed by atoms with E-state index in [9.17, 15) is 0 Å². The molecule has 0 atom stereocenters. The fourth-order valence-corrected chi connectivity index (χ4v) is 49.3. The average molecular weight is 853 g/mol. The van der Waals surface area contributed by atoms with E-state index in [-0.39, 0.29) is 0 Å². The van der Waals surface area contributed by atoms with E-state index < -0.39 is 38.4 Å². The second-order valence-electron chi connectivity index (χ2n) is 14.4. The minimum Gasteiger partial charge on any atom is -0.0654 e. The molecule has 0 unspecified atom stereocenters. The van der Waals surface area contributed by atoms with Gasteiger partial charge in [0.05, 0.1) is 0 Å². The molecule has 0 aliphatic heterocycles. The quantitative estimate of drug-likeness (QED) is 0.0457. The van der Waals surface area contributed by atoms with Crippen LogP contribution in [-0.4, -0.2) is 51.6 Å². The summed E-state index contributed by atoms with van der Waals surface area (Å²) in [6.07, 6.45) is 37.8. The van der Waals surface area contributed by atoms with Crippen molar-refractivity contribution in [3.8, 4) is 0 Å². The third-order valence-electron chi connectivity index (χ3n) is 9.74. The Hall–Kier alpha value is 1.48. The predicted octanol–water partition coefficient (Wildman–Crippen LogP) is 15.0. The van der Waals surface area contributed by atoms with Gasteiger partial charge in [-0.1, -0.05) is 13.8 Å². The zero-order valence-electron chi connectivity index (χ0n) is 32.3. The minimum atomic E-state index is -3.26. The van der Waals surface area contributed by atoms with E-state index in [1.165, 1.54) is 198 Å². The van der Waals surface area contributed by atoms with E-state index in [1.54, 1.807) is 0 Å². The normalized spacial score (nSPS) is 12.4. The molecule has 0 saturated carbocycles. The van der Waals surface area contributed by atoms with Gasteiger partial charge in [-0.05, 0) is 0 Å². The summed E-state index contributed by atoms with van der Waals surface area (Å²) in [5, 5.41) is 0. The van der Waals surface area contributed by atoms with Crippen molar-refractivity contribution < 1.29 is 7.56 Å². The summed E-state index contributed by atoms with van der Waals surface area (Å²) in [7, 11) is 0. The Balaban J connectivity index is 5.20. The zero-order valence-corrected chi connectivity index (χ0v) is 38.0. The van der Waals surface area contributed by atoms with Gasteiger partial charge in [-0.3, -0.25) is 0 Å². The van der Waals surface area contributed by atoms with Crippen molar-refractivity contribution in [3.05, 3.63) is 0 Å². The molecule has 0 aliphatic carbocycles. The van der Waals surface area contributed by atoms with Crippen LogP contribution in [0, 0.1) is 0 Å². The monoisotopic (exact) mass is 854 g/mol. The maximum absolute atomic E-state index is 7.79. The number of hydrogen-bond donors (Lipinski definition) is 0. The Kier molecular flexibility index (Phi) is 36.5. The molecule has 272 valence electrons. The first-order chi connectivity index (χ1) is 22.1. The second-order valence-corrected chi connectivity index (χ2v) is 36.6. The van der Waals surface area contributed by atoms with Gasteiger partial charge >= 0.3 is 284 Å². The summed E-state index contributed by atoms with van der Waals surface area (Å²) in [4.78, 5) is 0. The average Bonchev–Trinajstić information content (AvgIpc) is 3.05. The van der Waals surface area contributed by atoms with Gasteiger partial charge in [0.1, 0.15) is 0 Å². The van der Waals surface area contributed by atoms with Crippen LogP contribution in [0.4, 0.5) is 0 Å². The maximum atomic E-state index is 7.79. The van der Waals surface area contributed by atoms with Gasteiger partial charge in [-0.25, -0.2) is 0 Å². The van der Waals surface area contributed by atoms with Crippen LogP contribution < -0.4 is 0 Å². The molecular weight excluding hydrogens is 766 g/mol. The van der Waals surface area contributed by atoms with Crippen molar-refractivity contribution in [3.63, 3.8) is 0 Å². The first kappa shape index (κ1) is 46.5. The molecule has 0 aliphatic rings. The molecule has 0 aromatic rings. The van der Waals surface area contributed by atoms with Crippen LogP contribution in [-0.2, 0) is 7.56 Å². The number of hydrogen-bond acceptors (Lipinski definition) is 3. The summed E-state index contributed by atoms with van der Waals surface area (Å²) in [5.74, 6) is 0. The van der Waals surface area contributed by atoms with Crippen LogP contribution in [0.3, 0.4) is 0 Å². The molecule has 0 spiro atoms. The molecule has 0 heterocycles. The van der Waals surface area contributed by atoms with Crippen LogP contribution in [0.25, 0.3) is 0 Å². The van der Waals surface area contributed by atoms with E-state index in [2.05, 4.69) is 41.5 Å². The molecule has 0 radical (unpaired) electrons. The minimum absolute atomic E-state index is 0.946. The van der Waals surface area contributed by atoms with Gasteiger partial charge in [0, 0.05) is 0 Å². The van der Waals surface area contributed by atoms with Crippen molar-refractivity contribution in [2.45, 2.75) is 239 Å². The molecular formula is C40H86O3Sn2. The van der Waals surface area contributed by atoms with Crippen LogP contribution in [0.15, 0.2) is 0 Å². The Bertz CT molecular complexity index is 510. The first-order valence-electron chi connectivity index (χ1n) is 21.1. The fourth-order valence-electron chi connectivity index (χ4n) is 6.62. The van der Waals surface area contributed by atoms with E-state index in [0.29, 0.717) is 0 Å². The SMILES string of the molecule is CCCCCCCCCCCC[O][Sn]([CH2]CCC)([CH2]CCC)[O][Sn]([CH2]CCC)([CH2]CCC)[O]CCCCCCCCCCCC. The molecule has 0 N–H and O–H groups in total. The molecule has 0 aromatic carbocycles. The van der Waals surface area contributed by atoms with E-state index >= 15 is 0 Å². The van der Waals surface area contributed by atoms with Crippen LogP contribution in [0.1, 0.15) is 221 Å². The molecule has 0 amide bonds. The summed E-state index contributed by atoms with van der Waals surface area (Å²) in [6, 6.07) is 0. The van der Waals surface area contributed by atoms with Crippen LogP contribution in [0.5, 0.6) is 0 Å². The summed E-state index contributed by atoms with van der Waals surface area (Å²) < 4.78 is 27.2. The molecule has 0 bridgehead atoms. The summed E-state index contributed by atoms with van der Waals surface area (Å²) in [6.45, 7) is 15.9. The summed E-state index contributed by atoms with van der Waals surface area (Å²) >= 11 is -6.53. The smallest absolute Gasteiger partial charge is 0.0654 e. The van der Waals surface area contributed by atoms with Crippen LogP contribution in [0.2, 0.25) is 17.7 Å². The van der Waals surface area contributed by atoms with Gasteiger partial charge < -0.3 is 0 Å². The van der Waals surface area contributed by atoms with Gasteiger partial charge in [0.2, 0.25) is 0 Å². The molecule has 0 aromatic heterocycles. The third-order valence-corrected chi connectivity index (χ3v) is 43.0. The molecule has 3 nitrogen and oxygen atoms in total. The first-order valence-corrected chi connectivity index (χ1v) is 33.8. The zero-order chi connectivity index (χ0) is 33.2. The van der Waals surface area contributed by atoms with Gasteiger partial charge in [-0.15, -0.1) is 0 Å². The number of unbranched alkanes of at least 4 members (excludes halogenated alkanes) is 22. The second kappa shape index (κ2) is 35.3. The molecule has 45 heavy (non-hydrogen) atoms. The summed E-state index contributed by atoms with van der Waals surface area (Å²) in [5.41, 5.74) is 0. The van der Waals surface area contributed by atoms with Crippen molar-refractivity contribution in [1.82, 2.24) is 0 Å². The molecule has 5 heteroatoms. The Labute approximate surface area is 296 Å². The molecule has 0 rings (SSSR count). The van der Waals surface area contributed by atoms with E-state index in [4.69, 9.17) is 7.56 Å². The van der Waals surface area contributed by atoms with Gasteiger partial charge in [0.15, 0.2) is 0 Å². The molecule has 0 saturated heterocycles. The Morgan fingerprint density at radius 3 is 0.733 bits per heavy atom. The van der Waals surface area contributed by atoms with Crippen molar-refractivity contribution in [2.75, 3.05) is 13.2 Å². The van der Waals surface area contributed by atoms with E-state index in [1.807, 2.05) is 0 Å². The Morgan fingerprint density at radius 2 is 0.489 bits per heavy atom. The van der Waals surface area contributed by atoms with E-state index in [0.717, 1.165) is 13.2 Å². The van der Waals surface area contributed by atoms with Gasteiger partial charge in [0.25, 0.3) is 0 Å². The van der Waals surface area contributed by atoms with Crippen molar-refractivity contribution >= 4 is 38.4 Å². The third kappa shape index (κ3) is 27.9. The topological polar surface area (TPSA) is 27.7 Å². The van der Waals surface area contributed by atoms with Crippen molar-refractivity contribution in [2.24, 2.45) is 0 Å². The van der Waals surface area contributed by atoms with Gasteiger partial charge in [-0.2, -0.15) is 0 Å².